The second kappa shape index (κ2) is 25.7. The van der Waals surface area contributed by atoms with Crippen LogP contribution in [0.3, 0.4) is 0 Å². The Bertz CT molecular complexity index is 1590. The highest BCUT2D eigenvalue weighted by Gasteiger charge is 2.10. The molecule has 55 heavy (non-hydrogen) atoms. The number of nitrogens with zero attached hydrogens (tertiary/aromatic N) is 2. The Balaban J connectivity index is 1.05. The van der Waals surface area contributed by atoms with Crippen LogP contribution in [0, 0.1) is 0 Å². The van der Waals surface area contributed by atoms with Crippen molar-refractivity contribution in [2.45, 2.75) is 97.3 Å². The van der Waals surface area contributed by atoms with Gasteiger partial charge in [-0.15, -0.1) is 0 Å². The zero-order valence-corrected chi connectivity index (χ0v) is 32.8. The standard InChI is InChI=1S/C47H58N2O6/c1-3-5-7-9-14-34-52-42-28-20-40(21-29-42)46(50)54-44-24-16-38(17-25-44)36-48-32-12-11-13-33-49-37-39-18-26-45(27-19-39)55-47(51)41-22-30-43(31-23-41)53-35-15-10-8-6-4-2/h16-31,36-37H,3-15,32-35H2,1-2H3. The van der Waals surface area contributed by atoms with E-state index in [4.69, 9.17) is 18.9 Å². The van der Waals surface area contributed by atoms with Crippen LogP contribution in [0.15, 0.2) is 107 Å². The molecule has 0 aliphatic heterocycles. The summed E-state index contributed by atoms with van der Waals surface area (Å²) in [7, 11) is 0. The van der Waals surface area contributed by atoms with E-state index >= 15 is 0 Å². The average Bonchev–Trinajstić information content (AvgIpc) is 3.21. The molecule has 4 rings (SSSR count). The van der Waals surface area contributed by atoms with Gasteiger partial charge in [-0.25, -0.2) is 9.59 Å². The highest BCUT2D eigenvalue weighted by Crippen LogP contribution is 2.19. The van der Waals surface area contributed by atoms with Gasteiger partial charge in [0, 0.05) is 25.5 Å². The van der Waals surface area contributed by atoms with Gasteiger partial charge in [0.1, 0.15) is 23.0 Å². The number of esters is 2. The van der Waals surface area contributed by atoms with E-state index in [1.54, 1.807) is 48.5 Å². The molecule has 0 saturated carbocycles. The smallest absolute Gasteiger partial charge is 0.343 e. The quantitative estimate of drug-likeness (QED) is 0.0275. The molecule has 0 bridgehead atoms. The van der Waals surface area contributed by atoms with E-state index in [1.807, 2.05) is 61.0 Å². The monoisotopic (exact) mass is 746 g/mol. The minimum Gasteiger partial charge on any atom is -0.494 e. The molecule has 4 aromatic rings. The lowest BCUT2D eigenvalue weighted by atomic mass is 10.2. The normalized spacial score (nSPS) is 11.2. The fourth-order valence-corrected chi connectivity index (χ4v) is 5.66. The van der Waals surface area contributed by atoms with Crippen LogP contribution in [0.1, 0.15) is 129 Å². The van der Waals surface area contributed by atoms with Crippen LogP contribution >= 0.6 is 0 Å². The summed E-state index contributed by atoms with van der Waals surface area (Å²) in [6.07, 6.45) is 18.6. The van der Waals surface area contributed by atoms with Gasteiger partial charge in [-0.3, -0.25) is 9.98 Å². The van der Waals surface area contributed by atoms with Gasteiger partial charge in [0.2, 0.25) is 0 Å². The molecule has 0 unspecified atom stereocenters. The van der Waals surface area contributed by atoms with Gasteiger partial charge in [-0.1, -0.05) is 65.2 Å². The number of ether oxygens (including phenoxy) is 4. The number of carbonyl (C=O) groups excluding carboxylic acids is 2. The molecule has 8 heteroatoms. The number of hydrogen-bond donors (Lipinski definition) is 0. The Morgan fingerprint density at radius 2 is 0.782 bits per heavy atom. The van der Waals surface area contributed by atoms with Crippen molar-refractivity contribution in [2.75, 3.05) is 26.3 Å². The van der Waals surface area contributed by atoms with E-state index in [2.05, 4.69) is 23.8 Å². The zero-order valence-electron chi connectivity index (χ0n) is 32.8. The summed E-state index contributed by atoms with van der Waals surface area (Å²) >= 11 is 0. The number of aliphatic imine (C=N–C) groups is 2. The molecule has 0 fully saturated rings. The number of benzene rings is 4. The van der Waals surface area contributed by atoms with Crippen LogP contribution in [0.2, 0.25) is 0 Å². The second-order valence-corrected chi connectivity index (χ2v) is 13.6. The first-order valence-corrected chi connectivity index (χ1v) is 20.1. The molecule has 0 heterocycles. The first-order valence-electron chi connectivity index (χ1n) is 20.1. The Kier molecular flexibility index (Phi) is 19.9. The maximum atomic E-state index is 12.6. The van der Waals surface area contributed by atoms with Crippen molar-refractivity contribution in [3.8, 4) is 23.0 Å². The van der Waals surface area contributed by atoms with Crippen LogP contribution in [0.5, 0.6) is 23.0 Å². The lowest BCUT2D eigenvalue weighted by Gasteiger charge is -2.08. The molecule has 0 saturated heterocycles. The molecule has 0 N–H and O–H groups in total. The van der Waals surface area contributed by atoms with Gasteiger partial charge in [0.15, 0.2) is 0 Å². The Morgan fingerprint density at radius 3 is 1.16 bits per heavy atom. The van der Waals surface area contributed by atoms with Crippen LogP contribution < -0.4 is 18.9 Å². The molecule has 4 aromatic carbocycles. The molecule has 292 valence electrons. The minimum absolute atomic E-state index is 0.403. The highest BCUT2D eigenvalue weighted by molar-refractivity contribution is 5.92. The summed E-state index contributed by atoms with van der Waals surface area (Å²) in [6, 6.07) is 28.9. The Hall–Kier alpha value is -5.24. The van der Waals surface area contributed by atoms with Gasteiger partial charge in [-0.2, -0.15) is 0 Å². The fraction of sp³-hybridized carbons (Fsp3) is 0.404. The lowest BCUT2D eigenvalue weighted by molar-refractivity contribution is 0.0725. The van der Waals surface area contributed by atoms with E-state index in [9.17, 15) is 9.59 Å². The van der Waals surface area contributed by atoms with Crippen molar-refractivity contribution in [1.29, 1.82) is 0 Å². The zero-order chi connectivity index (χ0) is 38.8. The third kappa shape index (κ3) is 17.2. The Labute approximate surface area is 328 Å². The van der Waals surface area contributed by atoms with Crippen molar-refractivity contribution in [1.82, 2.24) is 0 Å². The van der Waals surface area contributed by atoms with E-state index in [0.29, 0.717) is 35.8 Å². The molecule has 0 aromatic heterocycles. The molecule has 0 aliphatic rings. The van der Waals surface area contributed by atoms with E-state index in [0.717, 1.165) is 67.8 Å². The van der Waals surface area contributed by atoms with Gasteiger partial charge in [0.05, 0.1) is 24.3 Å². The predicted octanol–water partition coefficient (Wildman–Crippen LogP) is 11.5. The van der Waals surface area contributed by atoms with Crippen molar-refractivity contribution >= 4 is 24.4 Å². The first-order chi connectivity index (χ1) is 27.0. The second-order valence-electron chi connectivity index (χ2n) is 13.6. The summed E-state index contributed by atoms with van der Waals surface area (Å²) in [5.74, 6) is 1.69. The minimum atomic E-state index is -0.403. The molecular formula is C47H58N2O6. The number of unbranched alkanes of at least 4 members (excludes halogenated alkanes) is 10. The van der Waals surface area contributed by atoms with Crippen molar-refractivity contribution < 1.29 is 28.5 Å². The van der Waals surface area contributed by atoms with E-state index in [-0.39, 0.29) is 0 Å². The molecule has 0 amide bonds. The molecular weight excluding hydrogens is 689 g/mol. The highest BCUT2D eigenvalue weighted by atomic mass is 16.5. The maximum absolute atomic E-state index is 12.6. The average molecular weight is 747 g/mol. The molecule has 0 atom stereocenters. The first kappa shape index (κ1) is 42.5. The fourth-order valence-electron chi connectivity index (χ4n) is 5.66. The topological polar surface area (TPSA) is 95.8 Å². The largest absolute Gasteiger partial charge is 0.494 e. The van der Waals surface area contributed by atoms with Gasteiger partial charge in [-0.05, 0) is 140 Å². The van der Waals surface area contributed by atoms with Gasteiger partial charge < -0.3 is 18.9 Å². The third-order valence-corrected chi connectivity index (χ3v) is 8.95. The van der Waals surface area contributed by atoms with Crippen molar-refractivity contribution in [3.63, 3.8) is 0 Å². The number of rotatable bonds is 26. The summed E-state index contributed by atoms with van der Waals surface area (Å²) in [5, 5.41) is 0. The summed E-state index contributed by atoms with van der Waals surface area (Å²) in [5.41, 5.74) is 2.86. The SMILES string of the molecule is CCCCCCCOc1ccc(C(=O)Oc2ccc(C=NCCCCCN=Cc3ccc(OC(=O)c4ccc(OCCCCCCC)cc4)cc3)cc2)cc1. The van der Waals surface area contributed by atoms with Crippen LogP contribution in [0.25, 0.3) is 0 Å². The van der Waals surface area contributed by atoms with E-state index < -0.39 is 11.9 Å². The number of hydrogen-bond acceptors (Lipinski definition) is 8. The predicted molar refractivity (Wildman–Crippen MR) is 223 cm³/mol. The molecule has 8 nitrogen and oxygen atoms in total. The van der Waals surface area contributed by atoms with Gasteiger partial charge >= 0.3 is 11.9 Å². The van der Waals surface area contributed by atoms with Crippen LogP contribution in [0.4, 0.5) is 0 Å². The van der Waals surface area contributed by atoms with Crippen LogP contribution in [-0.4, -0.2) is 50.7 Å². The molecule has 0 aliphatic carbocycles. The maximum Gasteiger partial charge on any atom is 0.343 e. The third-order valence-electron chi connectivity index (χ3n) is 8.95. The van der Waals surface area contributed by atoms with Crippen molar-refractivity contribution in [2.24, 2.45) is 9.98 Å². The van der Waals surface area contributed by atoms with E-state index in [1.165, 1.54) is 51.4 Å². The number of carbonyl (C=O) groups is 2. The van der Waals surface area contributed by atoms with Crippen molar-refractivity contribution in [3.05, 3.63) is 119 Å². The molecule has 0 spiro atoms. The summed E-state index contributed by atoms with van der Waals surface area (Å²) in [4.78, 5) is 34.3. The van der Waals surface area contributed by atoms with Crippen LogP contribution in [-0.2, 0) is 0 Å². The van der Waals surface area contributed by atoms with Gasteiger partial charge in [0.25, 0.3) is 0 Å². The summed E-state index contributed by atoms with van der Waals surface area (Å²) < 4.78 is 22.7. The summed E-state index contributed by atoms with van der Waals surface area (Å²) in [6.45, 7) is 7.25. The molecule has 0 radical (unpaired) electrons. The lowest BCUT2D eigenvalue weighted by Crippen LogP contribution is -2.08. The Morgan fingerprint density at radius 1 is 0.436 bits per heavy atom.